The van der Waals surface area contributed by atoms with Crippen molar-refractivity contribution in [3.8, 4) is 5.75 Å². The predicted octanol–water partition coefficient (Wildman–Crippen LogP) is 3.27. The maximum atomic E-state index is 11.1. The number of halogens is 2. The van der Waals surface area contributed by atoms with Crippen LogP contribution in [0.5, 0.6) is 5.75 Å². The van der Waals surface area contributed by atoms with Crippen LogP contribution in [0, 0.1) is 0 Å². The molecule has 0 aliphatic carbocycles. The second-order valence-electron chi connectivity index (χ2n) is 3.40. The first-order chi connectivity index (χ1) is 7.92. The molecule has 0 spiro atoms. The maximum absolute atomic E-state index is 11.1. The van der Waals surface area contributed by atoms with Crippen LogP contribution in [0.15, 0.2) is 27.3 Å². The van der Waals surface area contributed by atoms with E-state index in [1.54, 1.807) is 12.1 Å². The molecule has 1 aromatic heterocycles. The molecule has 7 heteroatoms. The maximum Gasteiger partial charge on any atom is 0.236 e. The number of fused-ring (bicyclic) bond motifs is 1. The van der Waals surface area contributed by atoms with Crippen LogP contribution >= 0.6 is 26.6 Å². The molecule has 0 amide bonds. The van der Waals surface area contributed by atoms with Crippen molar-refractivity contribution in [3.63, 3.8) is 0 Å². The van der Waals surface area contributed by atoms with Gasteiger partial charge in [-0.15, -0.1) is 0 Å². The van der Waals surface area contributed by atoms with Crippen LogP contribution in [0.25, 0.3) is 11.0 Å². The molecular weight excluding hydrogens is 332 g/mol. The van der Waals surface area contributed by atoms with Crippen molar-refractivity contribution < 1.29 is 17.6 Å². The van der Waals surface area contributed by atoms with E-state index in [1.807, 2.05) is 0 Å². The van der Waals surface area contributed by atoms with Gasteiger partial charge in [0.2, 0.25) is 9.05 Å². The lowest BCUT2D eigenvalue weighted by molar-refractivity contribution is 0.410. The number of methoxy groups -OCH3 is 1. The molecule has 0 radical (unpaired) electrons. The van der Waals surface area contributed by atoms with E-state index in [9.17, 15) is 8.42 Å². The zero-order valence-electron chi connectivity index (χ0n) is 8.74. The van der Waals surface area contributed by atoms with E-state index >= 15 is 0 Å². The monoisotopic (exact) mass is 338 g/mol. The Morgan fingerprint density at radius 1 is 1.53 bits per heavy atom. The highest BCUT2D eigenvalue weighted by Gasteiger charge is 2.17. The van der Waals surface area contributed by atoms with E-state index in [0.29, 0.717) is 21.4 Å². The van der Waals surface area contributed by atoms with E-state index in [2.05, 4.69) is 15.9 Å². The Labute approximate surface area is 111 Å². The van der Waals surface area contributed by atoms with Gasteiger partial charge < -0.3 is 9.15 Å². The third kappa shape index (κ3) is 2.59. The third-order valence-corrected chi connectivity index (χ3v) is 4.18. The average molecular weight is 340 g/mol. The molecule has 0 N–H and O–H groups in total. The topological polar surface area (TPSA) is 56.5 Å². The first-order valence-corrected chi connectivity index (χ1v) is 7.84. The number of hydrogen-bond acceptors (Lipinski definition) is 4. The van der Waals surface area contributed by atoms with Crippen molar-refractivity contribution in [3.05, 3.63) is 28.4 Å². The molecule has 1 aromatic carbocycles. The summed E-state index contributed by atoms with van der Waals surface area (Å²) in [6.45, 7) is 0. The van der Waals surface area contributed by atoms with Gasteiger partial charge in [0.25, 0.3) is 0 Å². The van der Waals surface area contributed by atoms with Gasteiger partial charge >= 0.3 is 0 Å². The molecule has 0 saturated carbocycles. The highest BCUT2D eigenvalue weighted by atomic mass is 79.9. The Kier molecular flexibility index (Phi) is 3.38. The van der Waals surface area contributed by atoms with E-state index < -0.39 is 9.05 Å². The minimum atomic E-state index is -3.62. The summed E-state index contributed by atoms with van der Waals surface area (Å²) < 4.78 is 33.3. The highest BCUT2D eigenvalue weighted by molar-refractivity contribution is 9.10. The van der Waals surface area contributed by atoms with Crippen molar-refractivity contribution in [2.24, 2.45) is 0 Å². The largest absolute Gasteiger partial charge is 0.493 e. The number of benzene rings is 1. The normalized spacial score (nSPS) is 11.9. The van der Waals surface area contributed by atoms with Gasteiger partial charge in [0.15, 0.2) is 11.3 Å². The molecule has 0 fully saturated rings. The predicted molar refractivity (Wildman–Crippen MR) is 68.9 cm³/mol. The fraction of sp³-hybridized carbons (Fsp3) is 0.200. The minimum absolute atomic E-state index is 0.271. The Balaban J connectivity index is 2.68. The molecule has 92 valence electrons. The molecule has 4 nitrogen and oxygen atoms in total. The molecule has 0 bridgehead atoms. The summed E-state index contributed by atoms with van der Waals surface area (Å²) in [5.41, 5.74) is 1.10. The van der Waals surface area contributed by atoms with Gasteiger partial charge in [0.1, 0.15) is 0 Å². The highest BCUT2D eigenvalue weighted by Crippen LogP contribution is 2.36. The molecular formula is C10H8BrClO4S. The van der Waals surface area contributed by atoms with E-state index in [-0.39, 0.29) is 5.75 Å². The lowest BCUT2D eigenvalue weighted by Gasteiger charge is -2.07. The van der Waals surface area contributed by atoms with Gasteiger partial charge in [-0.1, -0.05) is 0 Å². The summed E-state index contributed by atoms with van der Waals surface area (Å²) in [4.78, 5) is 0. The number of furan rings is 1. The van der Waals surface area contributed by atoms with Gasteiger partial charge in [0, 0.05) is 20.5 Å². The SMILES string of the molecule is COc1cc(CS(=O)(=O)Cl)c(Br)c2ccoc12. The summed E-state index contributed by atoms with van der Waals surface area (Å²) in [5, 5.41) is 0.750. The first-order valence-electron chi connectivity index (χ1n) is 4.57. The van der Waals surface area contributed by atoms with Gasteiger partial charge in [-0.25, -0.2) is 8.42 Å². The van der Waals surface area contributed by atoms with Crippen molar-refractivity contribution in [2.45, 2.75) is 5.75 Å². The van der Waals surface area contributed by atoms with Gasteiger partial charge in [-0.3, -0.25) is 0 Å². The van der Waals surface area contributed by atoms with Gasteiger partial charge in [0.05, 0.1) is 19.1 Å². The first kappa shape index (κ1) is 12.7. The zero-order chi connectivity index (χ0) is 12.6. The van der Waals surface area contributed by atoms with Crippen molar-refractivity contribution >= 4 is 46.6 Å². The van der Waals surface area contributed by atoms with Crippen LogP contribution in [0.1, 0.15) is 5.56 Å². The second kappa shape index (κ2) is 4.51. The summed E-state index contributed by atoms with van der Waals surface area (Å²) in [6.07, 6.45) is 1.51. The van der Waals surface area contributed by atoms with Gasteiger partial charge in [-0.2, -0.15) is 0 Å². The van der Waals surface area contributed by atoms with Crippen molar-refractivity contribution in [1.29, 1.82) is 0 Å². The summed E-state index contributed by atoms with van der Waals surface area (Å²) in [6, 6.07) is 3.32. The van der Waals surface area contributed by atoms with Crippen LogP contribution in [-0.4, -0.2) is 15.5 Å². The number of rotatable bonds is 3. The second-order valence-corrected chi connectivity index (χ2v) is 6.97. The minimum Gasteiger partial charge on any atom is -0.493 e. The molecule has 0 aliphatic heterocycles. The average Bonchev–Trinajstić information content (AvgIpc) is 2.69. The summed E-state index contributed by atoms with van der Waals surface area (Å²) in [7, 11) is 3.12. The Morgan fingerprint density at radius 2 is 2.24 bits per heavy atom. The Morgan fingerprint density at radius 3 is 2.82 bits per heavy atom. The zero-order valence-corrected chi connectivity index (χ0v) is 11.9. The van der Waals surface area contributed by atoms with E-state index in [1.165, 1.54) is 13.4 Å². The summed E-state index contributed by atoms with van der Waals surface area (Å²) >= 11 is 3.34. The number of ether oxygens (including phenoxy) is 1. The molecule has 0 unspecified atom stereocenters. The smallest absolute Gasteiger partial charge is 0.236 e. The van der Waals surface area contributed by atoms with Gasteiger partial charge in [-0.05, 0) is 33.6 Å². The van der Waals surface area contributed by atoms with E-state index in [0.717, 1.165) is 5.39 Å². The molecule has 2 aromatic rings. The van der Waals surface area contributed by atoms with E-state index in [4.69, 9.17) is 19.8 Å². The van der Waals surface area contributed by atoms with Crippen LogP contribution in [0.2, 0.25) is 0 Å². The lowest BCUT2D eigenvalue weighted by atomic mass is 10.1. The molecule has 0 atom stereocenters. The quantitative estimate of drug-likeness (QED) is 0.805. The third-order valence-electron chi connectivity index (χ3n) is 2.26. The number of hydrogen-bond donors (Lipinski definition) is 0. The van der Waals surface area contributed by atoms with Crippen LogP contribution < -0.4 is 4.74 Å². The Bertz CT molecular complexity index is 662. The fourth-order valence-corrected chi connectivity index (χ4v) is 3.28. The molecule has 17 heavy (non-hydrogen) atoms. The molecule has 0 aliphatic rings. The van der Waals surface area contributed by atoms with Crippen molar-refractivity contribution in [1.82, 2.24) is 0 Å². The van der Waals surface area contributed by atoms with Crippen LogP contribution in [0.3, 0.4) is 0 Å². The fourth-order valence-electron chi connectivity index (χ4n) is 1.58. The lowest BCUT2D eigenvalue weighted by Crippen LogP contribution is -1.97. The Hall–Kier alpha value is -0.720. The molecule has 0 saturated heterocycles. The van der Waals surface area contributed by atoms with Crippen molar-refractivity contribution in [2.75, 3.05) is 7.11 Å². The van der Waals surface area contributed by atoms with Crippen LogP contribution in [0.4, 0.5) is 0 Å². The standard InChI is InChI=1S/C10H8BrClO4S/c1-15-8-4-6(5-17(12,13)14)9(11)7-2-3-16-10(7)8/h2-4H,5H2,1H3. The molecule has 2 rings (SSSR count). The summed E-state index contributed by atoms with van der Waals surface area (Å²) in [5.74, 6) is 0.204. The molecule has 1 heterocycles. The van der Waals surface area contributed by atoms with Crippen LogP contribution in [-0.2, 0) is 14.8 Å².